The summed E-state index contributed by atoms with van der Waals surface area (Å²) in [5.74, 6) is 0.233. The largest absolute Gasteiger partial charge is 0.401 e. The summed E-state index contributed by atoms with van der Waals surface area (Å²) in [4.78, 5) is 9.92. The Kier molecular flexibility index (Phi) is 3.88. The van der Waals surface area contributed by atoms with Gasteiger partial charge in [-0.15, -0.1) is 0 Å². The lowest BCUT2D eigenvalue weighted by molar-refractivity contribution is 0.557. The molecule has 0 aliphatic rings. The van der Waals surface area contributed by atoms with Crippen LogP contribution in [0.3, 0.4) is 0 Å². The summed E-state index contributed by atoms with van der Waals surface area (Å²) < 4.78 is 0. The first-order valence-electron chi connectivity index (χ1n) is 5.04. The van der Waals surface area contributed by atoms with Crippen molar-refractivity contribution in [2.45, 2.75) is 13.8 Å². The number of aromatic nitrogens is 2. The fraction of sp³-hybridized carbons (Fsp3) is 0.273. The van der Waals surface area contributed by atoms with E-state index in [0.717, 1.165) is 12.2 Å². The first-order valence-corrected chi connectivity index (χ1v) is 5.04. The van der Waals surface area contributed by atoms with E-state index in [2.05, 4.69) is 16.5 Å². The third kappa shape index (κ3) is 2.50. The maximum absolute atomic E-state index is 5.86. The Morgan fingerprint density at radius 2 is 2.31 bits per heavy atom. The highest BCUT2D eigenvalue weighted by molar-refractivity contribution is 5.64. The Morgan fingerprint density at radius 3 is 2.75 bits per heavy atom. The second kappa shape index (κ2) is 5.16. The molecule has 0 bridgehead atoms. The molecule has 0 spiro atoms. The Balaban J connectivity index is 3.24. The van der Waals surface area contributed by atoms with Crippen LogP contribution < -0.4 is 11.5 Å². The van der Waals surface area contributed by atoms with Gasteiger partial charge in [-0.05, 0) is 26.1 Å². The minimum absolute atomic E-state index is 0.233. The molecule has 0 fully saturated rings. The zero-order valence-electron chi connectivity index (χ0n) is 9.64. The molecule has 0 saturated heterocycles. The van der Waals surface area contributed by atoms with Crippen molar-refractivity contribution in [3.63, 3.8) is 0 Å². The summed E-state index contributed by atoms with van der Waals surface area (Å²) in [5, 5.41) is 0. The number of hydrogen-bond acceptors (Lipinski definition) is 5. The van der Waals surface area contributed by atoms with Gasteiger partial charge in [-0.2, -0.15) is 0 Å². The van der Waals surface area contributed by atoms with Crippen molar-refractivity contribution in [1.82, 2.24) is 14.9 Å². The second-order valence-corrected chi connectivity index (χ2v) is 3.30. The van der Waals surface area contributed by atoms with Gasteiger partial charge >= 0.3 is 0 Å². The molecule has 1 aromatic heterocycles. The molecule has 0 aromatic carbocycles. The van der Waals surface area contributed by atoms with E-state index >= 15 is 0 Å². The third-order valence-corrected chi connectivity index (χ3v) is 2.14. The average Bonchev–Trinajstić information content (AvgIpc) is 2.24. The highest BCUT2D eigenvalue weighted by atomic mass is 15.1. The van der Waals surface area contributed by atoms with E-state index in [1.807, 2.05) is 18.7 Å². The lowest BCUT2D eigenvalue weighted by Gasteiger charge is -2.22. The molecule has 1 heterocycles. The summed E-state index contributed by atoms with van der Waals surface area (Å²) in [6.45, 7) is 8.33. The second-order valence-electron chi connectivity index (χ2n) is 3.30. The number of rotatable bonds is 4. The van der Waals surface area contributed by atoms with E-state index in [1.54, 1.807) is 18.5 Å². The van der Waals surface area contributed by atoms with Gasteiger partial charge in [-0.25, -0.2) is 9.97 Å². The molecule has 86 valence electrons. The molecule has 0 amide bonds. The molecule has 16 heavy (non-hydrogen) atoms. The van der Waals surface area contributed by atoms with Crippen LogP contribution in [-0.4, -0.2) is 21.4 Å². The molecular weight excluding hydrogens is 202 g/mol. The molecule has 1 rings (SSSR count). The topological polar surface area (TPSA) is 81.1 Å². The molecule has 5 heteroatoms. The predicted octanol–water partition coefficient (Wildman–Crippen LogP) is 1.17. The normalized spacial score (nSPS) is 11.9. The third-order valence-electron chi connectivity index (χ3n) is 2.14. The maximum atomic E-state index is 5.86. The Hall–Kier alpha value is -2.04. The van der Waals surface area contributed by atoms with Gasteiger partial charge in [0.05, 0.1) is 11.4 Å². The molecule has 0 saturated carbocycles. The monoisotopic (exact) mass is 219 g/mol. The summed E-state index contributed by atoms with van der Waals surface area (Å²) in [6.07, 6.45) is 3.32. The van der Waals surface area contributed by atoms with Crippen LogP contribution in [0.25, 0.3) is 5.70 Å². The van der Waals surface area contributed by atoms with Crippen LogP contribution in [0.5, 0.6) is 0 Å². The molecule has 0 aliphatic carbocycles. The number of hydrogen-bond donors (Lipinski definition) is 2. The number of anilines is 1. The smallest absolute Gasteiger partial charge is 0.220 e. The van der Waals surface area contributed by atoms with Crippen LogP contribution in [-0.2, 0) is 0 Å². The number of nitrogen functional groups attached to an aromatic ring is 1. The molecule has 0 radical (unpaired) electrons. The van der Waals surface area contributed by atoms with Crippen molar-refractivity contribution >= 4 is 11.6 Å². The van der Waals surface area contributed by atoms with E-state index in [9.17, 15) is 0 Å². The Bertz CT molecular complexity index is 407. The van der Waals surface area contributed by atoms with Crippen LogP contribution in [0.15, 0.2) is 30.7 Å². The Morgan fingerprint density at radius 1 is 1.62 bits per heavy atom. The zero-order chi connectivity index (χ0) is 12.1. The van der Waals surface area contributed by atoms with Crippen molar-refractivity contribution in [3.05, 3.63) is 36.4 Å². The molecule has 0 aliphatic heterocycles. The summed E-state index contributed by atoms with van der Waals surface area (Å²) in [5.41, 5.74) is 13.6. The summed E-state index contributed by atoms with van der Waals surface area (Å²) in [6, 6.07) is 1.77. The summed E-state index contributed by atoms with van der Waals surface area (Å²) >= 11 is 0. The van der Waals surface area contributed by atoms with Gasteiger partial charge in [0.15, 0.2) is 0 Å². The van der Waals surface area contributed by atoms with Gasteiger partial charge in [-0.1, -0.05) is 6.58 Å². The lowest BCUT2D eigenvalue weighted by atomic mass is 10.2. The maximum Gasteiger partial charge on any atom is 0.220 e. The van der Waals surface area contributed by atoms with E-state index in [4.69, 9.17) is 11.5 Å². The van der Waals surface area contributed by atoms with E-state index < -0.39 is 0 Å². The molecular formula is C11H17N5. The highest BCUT2D eigenvalue weighted by Crippen LogP contribution is 2.19. The molecule has 4 N–H and O–H groups in total. The zero-order valence-corrected chi connectivity index (χ0v) is 9.64. The number of allylic oxidation sites excluding steroid dienone is 1. The van der Waals surface area contributed by atoms with Gasteiger partial charge in [0, 0.05) is 18.4 Å². The van der Waals surface area contributed by atoms with Gasteiger partial charge in [0.1, 0.15) is 0 Å². The molecule has 5 nitrogen and oxygen atoms in total. The van der Waals surface area contributed by atoms with E-state index in [-0.39, 0.29) is 5.95 Å². The molecule has 0 unspecified atom stereocenters. The van der Waals surface area contributed by atoms with E-state index in [0.29, 0.717) is 11.4 Å². The van der Waals surface area contributed by atoms with Gasteiger partial charge in [-0.3, -0.25) is 0 Å². The fourth-order valence-electron chi connectivity index (χ4n) is 1.46. The summed E-state index contributed by atoms with van der Waals surface area (Å²) in [7, 11) is 0. The Labute approximate surface area is 95.5 Å². The average molecular weight is 219 g/mol. The van der Waals surface area contributed by atoms with Gasteiger partial charge in [0.25, 0.3) is 0 Å². The fourth-order valence-corrected chi connectivity index (χ4v) is 1.46. The first kappa shape index (κ1) is 12.0. The van der Waals surface area contributed by atoms with Crippen LogP contribution in [0.1, 0.15) is 19.5 Å². The van der Waals surface area contributed by atoms with Crippen LogP contribution in [0.2, 0.25) is 0 Å². The lowest BCUT2D eigenvalue weighted by Crippen LogP contribution is -2.19. The quantitative estimate of drug-likeness (QED) is 0.794. The highest BCUT2D eigenvalue weighted by Gasteiger charge is 2.11. The standard InChI is InChI=1S/C11H17N5/c1-4-16(5-2)10(8(3)12)9-6-7-14-11(13)15-9/h4,6-7H,1,5,12H2,2-3H3,(H2,13,14,15)/b10-8-. The minimum atomic E-state index is 0.233. The molecule has 0 atom stereocenters. The van der Waals surface area contributed by atoms with Crippen molar-refractivity contribution < 1.29 is 0 Å². The van der Waals surface area contributed by atoms with Gasteiger partial charge in [0.2, 0.25) is 5.95 Å². The van der Waals surface area contributed by atoms with E-state index in [1.165, 1.54) is 0 Å². The van der Waals surface area contributed by atoms with Crippen LogP contribution >= 0.6 is 0 Å². The molecule has 1 aromatic rings. The van der Waals surface area contributed by atoms with Crippen molar-refractivity contribution in [2.75, 3.05) is 12.3 Å². The predicted molar refractivity (Wildman–Crippen MR) is 65.8 cm³/mol. The SMILES string of the molecule is C=CN(CC)/C(=C(/C)N)c1ccnc(N)n1. The van der Waals surface area contributed by atoms with Crippen LogP contribution in [0, 0.1) is 0 Å². The first-order chi connectivity index (χ1) is 7.60. The van der Waals surface area contributed by atoms with Gasteiger partial charge < -0.3 is 16.4 Å². The number of nitrogens with zero attached hydrogens (tertiary/aromatic N) is 3. The minimum Gasteiger partial charge on any atom is -0.401 e. The van der Waals surface area contributed by atoms with Crippen molar-refractivity contribution in [1.29, 1.82) is 0 Å². The van der Waals surface area contributed by atoms with Crippen molar-refractivity contribution in [3.8, 4) is 0 Å². The number of nitrogens with two attached hydrogens (primary N) is 2. The van der Waals surface area contributed by atoms with Crippen LogP contribution in [0.4, 0.5) is 5.95 Å². The van der Waals surface area contributed by atoms with Crippen molar-refractivity contribution in [2.24, 2.45) is 5.73 Å².